The van der Waals surface area contributed by atoms with Crippen LogP contribution in [-0.4, -0.2) is 26.5 Å². The van der Waals surface area contributed by atoms with Crippen LogP contribution in [0, 0.1) is 5.92 Å². The van der Waals surface area contributed by atoms with Crippen LogP contribution in [0.1, 0.15) is 25.7 Å². The van der Waals surface area contributed by atoms with Crippen molar-refractivity contribution in [2.24, 2.45) is 11.7 Å². The Morgan fingerprint density at radius 1 is 1.20 bits per heavy atom. The van der Waals surface area contributed by atoms with E-state index in [0.29, 0.717) is 18.0 Å². The zero-order chi connectivity index (χ0) is 17.2. The number of rotatable bonds is 4. The number of fused-ring (bicyclic) bond motifs is 1. The summed E-state index contributed by atoms with van der Waals surface area (Å²) in [5.41, 5.74) is 8.67. The first-order valence-corrected chi connectivity index (χ1v) is 8.64. The van der Waals surface area contributed by atoms with Gasteiger partial charge in [-0.05, 0) is 43.0 Å². The number of amides is 1. The van der Waals surface area contributed by atoms with Crippen molar-refractivity contribution >= 4 is 22.6 Å². The van der Waals surface area contributed by atoms with Crippen molar-refractivity contribution < 1.29 is 4.79 Å². The van der Waals surface area contributed by atoms with E-state index in [9.17, 15) is 4.79 Å². The van der Waals surface area contributed by atoms with E-state index in [2.05, 4.69) is 15.3 Å². The molecule has 1 aliphatic rings. The minimum Gasteiger partial charge on any atom is -0.327 e. The smallest absolute Gasteiger partial charge is 0.224 e. The van der Waals surface area contributed by atoms with Crippen LogP contribution in [-0.2, 0) is 4.79 Å². The lowest BCUT2D eigenvalue weighted by Crippen LogP contribution is -2.28. The molecule has 2 aromatic heterocycles. The predicted molar refractivity (Wildman–Crippen MR) is 97.4 cm³/mol. The average molecular weight is 335 g/mol. The molecule has 0 radical (unpaired) electrons. The highest BCUT2D eigenvalue weighted by molar-refractivity contribution is 5.90. The minimum absolute atomic E-state index is 0.00461. The third-order valence-electron chi connectivity index (χ3n) is 4.90. The molecular weight excluding hydrogens is 314 g/mol. The summed E-state index contributed by atoms with van der Waals surface area (Å²) in [5.74, 6) is 1.07. The van der Waals surface area contributed by atoms with Crippen LogP contribution in [0.15, 0.2) is 48.9 Å². The van der Waals surface area contributed by atoms with E-state index < -0.39 is 0 Å². The van der Waals surface area contributed by atoms with E-state index >= 15 is 0 Å². The molecule has 1 amide bonds. The molecular formula is C19H21N5O. The van der Waals surface area contributed by atoms with Gasteiger partial charge in [0.2, 0.25) is 5.91 Å². The van der Waals surface area contributed by atoms with Gasteiger partial charge in [-0.25, -0.2) is 9.97 Å². The molecule has 0 saturated heterocycles. The van der Waals surface area contributed by atoms with E-state index in [0.717, 1.165) is 36.1 Å². The Morgan fingerprint density at radius 3 is 2.84 bits per heavy atom. The maximum Gasteiger partial charge on any atom is 0.224 e. The topological polar surface area (TPSA) is 85.8 Å². The first-order chi connectivity index (χ1) is 12.2. The number of hydrogen-bond donors (Lipinski definition) is 2. The molecule has 2 heterocycles. The van der Waals surface area contributed by atoms with Crippen molar-refractivity contribution in [1.82, 2.24) is 14.5 Å². The van der Waals surface area contributed by atoms with Crippen LogP contribution in [0.2, 0.25) is 0 Å². The quantitative estimate of drug-likeness (QED) is 0.767. The van der Waals surface area contributed by atoms with Crippen molar-refractivity contribution in [2.45, 2.75) is 31.7 Å². The molecule has 4 rings (SSSR count). The highest BCUT2D eigenvalue weighted by Gasteiger charge is 2.26. The van der Waals surface area contributed by atoms with Gasteiger partial charge in [0.25, 0.3) is 0 Å². The molecule has 25 heavy (non-hydrogen) atoms. The number of nitrogens with one attached hydrogen (secondary N) is 1. The summed E-state index contributed by atoms with van der Waals surface area (Å²) in [6.45, 7) is 0. The summed E-state index contributed by atoms with van der Waals surface area (Å²) >= 11 is 0. The first-order valence-electron chi connectivity index (χ1n) is 8.64. The summed E-state index contributed by atoms with van der Waals surface area (Å²) in [6.07, 6.45) is 7.10. The second kappa shape index (κ2) is 6.64. The van der Waals surface area contributed by atoms with Gasteiger partial charge in [0.15, 0.2) is 0 Å². The molecule has 3 aromatic rings. The molecule has 0 unspecified atom stereocenters. The molecule has 6 nitrogen and oxygen atoms in total. The Kier molecular flexibility index (Phi) is 4.19. The number of hydrogen-bond acceptors (Lipinski definition) is 4. The van der Waals surface area contributed by atoms with Crippen LogP contribution in [0.5, 0.6) is 0 Å². The maximum absolute atomic E-state index is 12.2. The normalized spacial score (nSPS) is 20.0. The molecule has 128 valence electrons. The zero-order valence-corrected chi connectivity index (χ0v) is 13.9. The fourth-order valence-corrected chi connectivity index (χ4v) is 3.51. The van der Waals surface area contributed by atoms with E-state index in [4.69, 9.17) is 5.73 Å². The molecule has 1 fully saturated rings. The lowest BCUT2D eigenvalue weighted by atomic mass is 10.00. The number of nitrogens with zero attached hydrogens (tertiary/aromatic N) is 3. The second-order valence-electron chi connectivity index (χ2n) is 6.62. The number of aromatic nitrogens is 3. The van der Waals surface area contributed by atoms with Gasteiger partial charge in [-0.2, -0.15) is 0 Å². The van der Waals surface area contributed by atoms with Crippen LogP contribution in [0.25, 0.3) is 16.9 Å². The van der Waals surface area contributed by atoms with Crippen molar-refractivity contribution in [3.8, 4) is 5.82 Å². The average Bonchev–Trinajstić information content (AvgIpc) is 3.22. The van der Waals surface area contributed by atoms with E-state index in [1.165, 1.54) is 0 Å². The predicted octanol–water partition coefficient (Wildman–Crippen LogP) is 2.88. The fourth-order valence-electron chi connectivity index (χ4n) is 3.51. The highest BCUT2D eigenvalue weighted by Crippen LogP contribution is 2.27. The Morgan fingerprint density at radius 2 is 2.08 bits per heavy atom. The van der Waals surface area contributed by atoms with Crippen molar-refractivity contribution in [3.63, 3.8) is 0 Å². The number of para-hydroxylation sites is 2. The number of anilines is 1. The standard InChI is InChI=1S/C19H21N5O/c20-15-5-3-4-13(15)10-19(25)23-14-8-9-18(21-11-14)24-12-22-16-6-1-2-7-17(16)24/h1-2,6-9,11-13,15H,3-5,10,20H2,(H,23,25)/t13-,15+/m0/s1. The van der Waals surface area contributed by atoms with Gasteiger partial charge in [0, 0.05) is 12.5 Å². The lowest BCUT2D eigenvalue weighted by Gasteiger charge is -2.14. The molecule has 1 saturated carbocycles. The van der Waals surface area contributed by atoms with Crippen LogP contribution >= 0.6 is 0 Å². The highest BCUT2D eigenvalue weighted by atomic mass is 16.1. The second-order valence-corrected chi connectivity index (χ2v) is 6.62. The molecule has 1 aromatic carbocycles. The molecule has 6 heteroatoms. The van der Waals surface area contributed by atoms with Gasteiger partial charge >= 0.3 is 0 Å². The molecule has 0 aliphatic heterocycles. The van der Waals surface area contributed by atoms with Gasteiger partial charge in [0.1, 0.15) is 12.1 Å². The van der Waals surface area contributed by atoms with Gasteiger partial charge < -0.3 is 11.1 Å². The Hall–Kier alpha value is -2.73. The molecule has 1 aliphatic carbocycles. The summed E-state index contributed by atoms with van der Waals surface area (Å²) in [5, 5.41) is 2.92. The Balaban J connectivity index is 1.46. The van der Waals surface area contributed by atoms with Crippen molar-refractivity contribution in [2.75, 3.05) is 5.32 Å². The largest absolute Gasteiger partial charge is 0.327 e. The van der Waals surface area contributed by atoms with Crippen LogP contribution < -0.4 is 11.1 Å². The molecule has 2 atom stereocenters. The SMILES string of the molecule is N[C@@H]1CCC[C@H]1CC(=O)Nc1ccc(-n2cnc3ccccc32)nc1. The number of carbonyl (C=O) groups is 1. The third-order valence-corrected chi connectivity index (χ3v) is 4.90. The van der Waals surface area contributed by atoms with Gasteiger partial charge in [-0.1, -0.05) is 18.6 Å². The Labute approximate surface area is 146 Å². The molecule has 0 bridgehead atoms. The van der Waals surface area contributed by atoms with Gasteiger partial charge in [-0.3, -0.25) is 9.36 Å². The fraction of sp³-hybridized carbons (Fsp3) is 0.316. The van der Waals surface area contributed by atoms with E-state index in [1.807, 2.05) is 41.0 Å². The molecule has 3 N–H and O–H groups in total. The Bertz CT molecular complexity index is 886. The van der Waals surface area contributed by atoms with Crippen molar-refractivity contribution in [3.05, 3.63) is 48.9 Å². The number of benzene rings is 1. The summed E-state index contributed by atoms with van der Waals surface area (Å²) in [4.78, 5) is 21.0. The zero-order valence-electron chi connectivity index (χ0n) is 13.9. The summed E-state index contributed by atoms with van der Waals surface area (Å²) in [6, 6.07) is 11.8. The number of carbonyl (C=O) groups excluding carboxylic acids is 1. The summed E-state index contributed by atoms with van der Waals surface area (Å²) in [7, 11) is 0. The summed E-state index contributed by atoms with van der Waals surface area (Å²) < 4.78 is 1.93. The van der Waals surface area contributed by atoms with Crippen molar-refractivity contribution in [1.29, 1.82) is 0 Å². The molecule has 0 spiro atoms. The first kappa shape index (κ1) is 15.8. The number of nitrogens with two attached hydrogens (primary N) is 1. The van der Waals surface area contributed by atoms with Crippen LogP contribution in [0.4, 0.5) is 5.69 Å². The van der Waals surface area contributed by atoms with E-state index in [1.54, 1.807) is 12.5 Å². The number of pyridine rings is 1. The van der Waals surface area contributed by atoms with Gasteiger partial charge in [0.05, 0.1) is 22.9 Å². The van der Waals surface area contributed by atoms with E-state index in [-0.39, 0.29) is 11.9 Å². The maximum atomic E-state index is 12.2. The third kappa shape index (κ3) is 3.25. The minimum atomic E-state index is 0.00461. The van der Waals surface area contributed by atoms with Crippen LogP contribution in [0.3, 0.4) is 0 Å². The monoisotopic (exact) mass is 335 g/mol. The number of imidazole rings is 1. The lowest BCUT2D eigenvalue weighted by molar-refractivity contribution is -0.117. The van der Waals surface area contributed by atoms with Gasteiger partial charge in [-0.15, -0.1) is 0 Å².